The Balaban J connectivity index is 1.46. The number of sulfonamides is 1. The van der Waals surface area contributed by atoms with E-state index < -0.39 is 34.2 Å². The highest BCUT2D eigenvalue weighted by Crippen LogP contribution is 2.42. The van der Waals surface area contributed by atoms with E-state index in [9.17, 15) is 26.4 Å². The first-order chi connectivity index (χ1) is 16.2. The van der Waals surface area contributed by atoms with Gasteiger partial charge in [-0.2, -0.15) is 13.2 Å². The maximum Gasteiger partial charge on any atom is 0.416 e. The molecule has 0 radical (unpaired) electrons. The predicted octanol–water partition coefficient (Wildman–Crippen LogP) is 3.84. The lowest BCUT2D eigenvalue weighted by atomic mass is 10.1. The number of carbonyl (C=O) groups is 1. The molecule has 34 heavy (non-hydrogen) atoms. The van der Waals surface area contributed by atoms with Crippen molar-refractivity contribution >= 4 is 43.8 Å². The third-order valence-electron chi connectivity index (χ3n) is 5.92. The van der Waals surface area contributed by atoms with Crippen LogP contribution in [0.15, 0.2) is 59.5 Å². The van der Waals surface area contributed by atoms with Gasteiger partial charge in [-0.25, -0.2) is 8.42 Å². The quantitative estimate of drug-likeness (QED) is 0.600. The molecular formula is C23H20F3N3O4S. The van der Waals surface area contributed by atoms with Crippen molar-refractivity contribution < 1.29 is 31.1 Å². The molecule has 2 heterocycles. The second-order valence-electron chi connectivity index (χ2n) is 8.02. The number of alkyl halides is 3. The molecule has 0 bridgehead atoms. The molecule has 0 spiro atoms. The maximum atomic E-state index is 13.4. The van der Waals surface area contributed by atoms with E-state index in [2.05, 4.69) is 5.32 Å². The van der Waals surface area contributed by atoms with Crippen LogP contribution in [0.25, 0.3) is 10.8 Å². The molecule has 1 fully saturated rings. The van der Waals surface area contributed by atoms with E-state index in [4.69, 9.17) is 4.74 Å². The maximum absolute atomic E-state index is 13.4. The highest BCUT2D eigenvalue weighted by Gasteiger charge is 2.37. The van der Waals surface area contributed by atoms with Gasteiger partial charge in [0, 0.05) is 18.5 Å². The predicted molar refractivity (Wildman–Crippen MR) is 122 cm³/mol. The minimum atomic E-state index is -4.60. The van der Waals surface area contributed by atoms with Crippen molar-refractivity contribution in [2.45, 2.75) is 11.1 Å². The van der Waals surface area contributed by atoms with Crippen molar-refractivity contribution in [3.8, 4) is 0 Å². The summed E-state index contributed by atoms with van der Waals surface area (Å²) in [6.45, 7) is 1.14. The van der Waals surface area contributed by atoms with Gasteiger partial charge in [-0.1, -0.05) is 24.3 Å². The van der Waals surface area contributed by atoms with Gasteiger partial charge >= 0.3 is 6.18 Å². The molecule has 2 aliphatic heterocycles. The van der Waals surface area contributed by atoms with Crippen LogP contribution in [0.4, 0.5) is 30.2 Å². The zero-order valence-corrected chi connectivity index (χ0v) is 18.6. The summed E-state index contributed by atoms with van der Waals surface area (Å²) in [5.74, 6) is -0.748. The molecule has 0 aliphatic carbocycles. The number of hydrogen-bond donors (Lipinski definition) is 1. The van der Waals surface area contributed by atoms with Gasteiger partial charge in [-0.3, -0.25) is 9.10 Å². The molecule has 0 saturated carbocycles. The zero-order chi connectivity index (χ0) is 24.1. The number of anilines is 3. The molecule has 3 aromatic rings. The van der Waals surface area contributed by atoms with Gasteiger partial charge in [0.25, 0.3) is 10.0 Å². The summed E-state index contributed by atoms with van der Waals surface area (Å²) in [4.78, 5) is 14.9. The number of morpholine rings is 1. The van der Waals surface area contributed by atoms with Crippen molar-refractivity contribution in [2.24, 2.45) is 0 Å². The van der Waals surface area contributed by atoms with Crippen molar-refractivity contribution in [3.63, 3.8) is 0 Å². The summed E-state index contributed by atoms with van der Waals surface area (Å²) in [6, 6.07) is 13.1. The minimum Gasteiger partial charge on any atom is -0.378 e. The second-order valence-corrected chi connectivity index (χ2v) is 9.85. The molecule has 0 atom stereocenters. The lowest BCUT2D eigenvalue weighted by molar-refractivity contribution is -0.137. The van der Waals surface area contributed by atoms with Crippen molar-refractivity contribution in [2.75, 3.05) is 47.4 Å². The van der Waals surface area contributed by atoms with E-state index in [1.54, 1.807) is 30.3 Å². The van der Waals surface area contributed by atoms with Crippen LogP contribution in [-0.4, -0.2) is 47.2 Å². The van der Waals surface area contributed by atoms with Crippen molar-refractivity contribution in [1.82, 2.24) is 0 Å². The smallest absolute Gasteiger partial charge is 0.378 e. The summed E-state index contributed by atoms with van der Waals surface area (Å²) < 4.78 is 72.6. The van der Waals surface area contributed by atoms with E-state index >= 15 is 0 Å². The van der Waals surface area contributed by atoms with Gasteiger partial charge in [-0.15, -0.1) is 0 Å². The van der Waals surface area contributed by atoms with Gasteiger partial charge in [-0.05, 0) is 35.7 Å². The standard InChI is InChI=1S/C23H20F3N3O4S/c24-23(25,26)16-7-8-18(28-9-11-33-12-10-28)17(13-16)27-21(30)14-29-19-5-1-3-15-4-2-6-20(22(15)19)34(29,31)32/h1-8,13H,9-12,14H2,(H,27,30). The fourth-order valence-corrected chi connectivity index (χ4v) is 6.01. The number of amides is 1. The zero-order valence-electron chi connectivity index (χ0n) is 17.8. The number of rotatable bonds is 4. The average Bonchev–Trinajstić information content (AvgIpc) is 3.02. The number of halogens is 3. The van der Waals surface area contributed by atoms with Gasteiger partial charge < -0.3 is 15.0 Å². The Hall–Kier alpha value is -3.31. The van der Waals surface area contributed by atoms with Gasteiger partial charge in [0.05, 0.1) is 40.7 Å². The number of nitrogens with one attached hydrogen (secondary N) is 1. The summed E-state index contributed by atoms with van der Waals surface area (Å²) in [6.07, 6.45) is -4.60. The fourth-order valence-electron chi connectivity index (χ4n) is 4.34. The van der Waals surface area contributed by atoms with Crippen LogP contribution in [0.5, 0.6) is 0 Å². The van der Waals surface area contributed by atoms with Crippen LogP contribution >= 0.6 is 0 Å². The van der Waals surface area contributed by atoms with Crippen LogP contribution in [-0.2, 0) is 25.7 Å². The number of ether oxygens (including phenoxy) is 1. The largest absolute Gasteiger partial charge is 0.416 e. The van der Waals surface area contributed by atoms with E-state index in [1.165, 1.54) is 12.1 Å². The highest BCUT2D eigenvalue weighted by atomic mass is 32.2. The first-order valence-electron chi connectivity index (χ1n) is 10.5. The lowest BCUT2D eigenvalue weighted by Gasteiger charge is -2.31. The van der Waals surface area contributed by atoms with E-state index in [0.717, 1.165) is 16.4 Å². The molecule has 5 rings (SSSR count). The Labute approximate surface area is 193 Å². The normalized spacial score (nSPS) is 17.3. The topological polar surface area (TPSA) is 79.0 Å². The van der Waals surface area contributed by atoms with Crippen LogP contribution in [0.3, 0.4) is 0 Å². The SMILES string of the molecule is O=C(CN1c2cccc3cccc(c23)S1(=O)=O)Nc1cc(C(F)(F)F)ccc1N1CCOCC1. The van der Waals surface area contributed by atoms with E-state index in [0.29, 0.717) is 48.5 Å². The monoisotopic (exact) mass is 491 g/mol. The molecule has 11 heteroatoms. The first kappa shape index (κ1) is 22.5. The molecule has 1 amide bonds. The Morgan fingerprint density at radius 3 is 2.41 bits per heavy atom. The Morgan fingerprint density at radius 2 is 1.71 bits per heavy atom. The molecule has 0 aromatic heterocycles. The molecule has 178 valence electrons. The van der Waals surface area contributed by atoms with Crippen LogP contribution in [0.2, 0.25) is 0 Å². The fraction of sp³-hybridized carbons (Fsp3) is 0.261. The van der Waals surface area contributed by atoms with Gasteiger partial charge in [0.15, 0.2) is 0 Å². The Kier molecular flexibility index (Phi) is 5.40. The van der Waals surface area contributed by atoms with Gasteiger partial charge in [0.2, 0.25) is 5.91 Å². The summed E-state index contributed by atoms with van der Waals surface area (Å²) >= 11 is 0. The second kappa shape index (κ2) is 8.17. The Morgan fingerprint density at radius 1 is 1.00 bits per heavy atom. The average molecular weight is 491 g/mol. The molecule has 0 unspecified atom stereocenters. The molecular weight excluding hydrogens is 471 g/mol. The first-order valence-corrected chi connectivity index (χ1v) is 12.0. The molecule has 1 N–H and O–H groups in total. The number of nitrogens with zero attached hydrogens (tertiary/aromatic N) is 2. The summed E-state index contributed by atoms with van der Waals surface area (Å²) in [5, 5.41) is 3.75. The van der Waals surface area contributed by atoms with Crippen molar-refractivity contribution in [1.29, 1.82) is 0 Å². The highest BCUT2D eigenvalue weighted by molar-refractivity contribution is 7.93. The molecule has 7 nitrogen and oxygen atoms in total. The van der Waals surface area contributed by atoms with Gasteiger partial charge in [0.1, 0.15) is 6.54 Å². The molecule has 2 aliphatic rings. The number of benzene rings is 3. The number of carbonyl (C=O) groups excluding carboxylic acids is 1. The molecule has 1 saturated heterocycles. The summed E-state index contributed by atoms with van der Waals surface area (Å²) in [5.41, 5.74) is -0.167. The Bertz CT molecular complexity index is 1380. The molecule has 3 aromatic carbocycles. The number of hydrogen-bond acceptors (Lipinski definition) is 5. The lowest BCUT2D eigenvalue weighted by Crippen LogP contribution is -2.38. The van der Waals surface area contributed by atoms with E-state index in [1.807, 2.05) is 4.90 Å². The third kappa shape index (κ3) is 3.84. The minimum absolute atomic E-state index is 0.0333. The van der Waals surface area contributed by atoms with E-state index in [-0.39, 0.29) is 10.6 Å². The van der Waals surface area contributed by atoms with Crippen LogP contribution < -0.4 is 14.5 Å². The van der Waals surface area contributed by atoms with Crippen LogP contribution in [0, 0.1) is 0 Å². The van der Waals surface area contributed by atoms with Crippen molar-refractivity contribution in [3.05, 3.63) is 60.2 Å². The third-order valence-corrected chi connectivity index (χ3v) is 7.72. The summed E-state index contributed by atoms with van der Waals surface area (Å²) in [7, 11) is -3.98. The van der Waals surface area contributed by atoms with Crippen LogP contribution in [0.1, 0.15) is 5.56 Å².